The van der Waals surface area contributed by atoms with Crippen LogP contribution in [0.4, 0.5) is 4.79 Å². The van der Waals surface area contributed by atoms with Crippen LogP contribution in [0.3, 0.4) is 0 Å². The molecule has 0 saturated carbocycles. The van der Waals surface area contributed by atoms with Gasteiger partial charge in [0.1, 0.15) is 5.60 Å². The number of ether oxygens (including phenoxy) is 1. The molecule has 2 atom stereocenters. The molecular weight excluding hydrogens is 521 g/mol. The normalized spacial score (nSPS) is 21.8. The van der Waals surface area contributed by atoms with Crippen molar-refractivity contribution in [2.24, 2.45) is 4.99 Å². The molecule has 4 rings (SSSR count). The van der Waals surface area contributed by atoms with Gasteiger partial charge in [0.05, 0.1) is 18.7 Å². The number of amides is 1. The van der Waals surface area contributed by atoms with Crippen molar-refractivity contribution in [1.29, 1.82) is 0 Å². The fourth-order valence-corrected chi connectivity index (χ4v) is 4.50. The second-order valence-corrected chi connectivity index (χ2v) is 9.73. The zero-order chi connectivity index (χ0) is 22.0. The maximum atomic E-state index is 12.4. The van der Waals surface area contributed by atoms with Crippen LogP contribution >= 0.6 is 24.0 Å². The van der Waals surface area contributed by atoms with Gasteiger partial charge in [-0.1, -0.05) is 24.3 Å². The Morgan fingerprint density at radius 3 is 2.75 bits per heavy atom. The first kappa shape index (κ1) is 25.0. The number of β-amino-alcohol motifs (C(OH)–C–C–N with tert-alkyl or cyclic N) is 1. The van der Waals surface area contributed by atoms with Gasteiger partial charge < -0.3 is 25.0 Å². The summed E-state index contributed by atoms with van der Waals surface area (Å²) in [7, 11) is 0. The first-order chi connectivity index (χ1) is 14.8. The van der Waals surface area contributed by atoms with Crippen molar-refractivity contribution >= 4 is 36.0 Å². The van der Waals surface area contributed by atoms with Gasteiger partial charge in [0.25, 0.3) is 0 Å². The summed E-state index contributed by atoms with van der Waals surface area (Å²) in [4.78, 5) is 23.3. The number of aliphatic hydroxyl groups is 1. The number of carbonyl (C=O) groups excluding carboxylic acids is 1. The Morgan fingerprint density at radius 1 is 1.25 bits per heavy atom. The standard InChI is InChI=1S/C23H35N5O3.HI/c1-23(2,3)31-22(30)27-10-11-28-19(15-27)12-24-21(28)25-13-20(29)16-26-9-8-17-6-4-5-7-18(17)14-26;/h4-7,19-20,29H,8-16H2,1-3H3,(H,24,25);1H. The van der Waals surface area contributed by atoms with Crippen molar-refractivity contribution in [1.82, 2.24) is 20.0 Å². The quantitative estimate of drug-likeness (QED) is 0.551. The fraction of sp³-hybridized carbons (Fsp3) is 0.652. The van der Waals surface area contributed by atoms with Gasteiger partial charge in [-0.05, 0) is 38.3 Å². The highest BCUT2D eigenvalue weighted by atomic mass is 127. The van der Waals surface area contributed by atoms with E-state index in [0.29, 0.717) is 32.7 Å². The van der Waals surface area contributed by atoms with Gasteiger partial charge in [-0.15, -0.1) is 24.0 Å². The predicted octanol–water partition coefficient (Wildman–Crippen LogP) is 1.90. The zero-order valence-electron chi connectivity index (χ0n) is 19.3. The Bertz CT molecular complexity index is 828. The van der Waals surface area contributed by atoms with Crippen molar-refractivity contribution in [3.63, 3.8) is 0 Å². The van der Waals surface area contributed by atoms with E-state index in [9.17, 15) is 9.90 Å². The number of halogens is 1. The Balaban J connectivity index is 0.00000289. The van der Waals surface area contributed by atoms with Crippen molar-refractivity contribution < 1.29 is 14.6 Å². The number of nitrogens with one attached hydrogen (secondary N) is 1. The molecule has 3 aliphatic heterocycles. The number of piperazine rings is 1. The summed E-state index contributed by atoms with van der Waals surface area (Å²) in [5, 5.41) is 13.9. The SMILES string of the molecule is CC(C)(C)OC(=O)N1CCN2C(NCC(O)CN3CCc4ccccc4C3)=NCC2C1.I. The lowest BCUT2D eigenvalue weighted by Gasteiger charge is -2.39. The number of hydrogen-bond donors (Lipinski definition) is 2. The number of fused-ring (bicyclic) bond motifs is 2. The van der Waals surface area contributed by atoms with E-state index in [1.54, 1.807) is 4.90 Å². The number of nitrogens with zero attached hydrogens (tertiary/aromatic N) is 4. The second-order valence-electron chi connectivity index (χ2n) is 9.73. The van der Waals surface area contributed by atoms with Gasteiger partial charge in [0, 0.05) is 45.8 Å². The third kappa shape index (κ3) is 6.26. The van der Waals surface area contributed by atoms with E-state index in [-0.39, 0.29) is 36.1 Å². The number of rotatable bonds is 4. The first-order valence-electron chi connectivity index (χ1n) is 11.3. The van der Waals surface area contributed by atoms with Crippen LogP contribution in [-0.2, 0) is 17.7 Å². The lowest BCUT2D eigenvalue weighted by molar-refractivity contribution is 0.0137. The number of benzene rings is 1. The molecule has 0 spiro atoms. The number of hydrogen-bond acceptors (Lipinski definition) is 7. The van der Waals surface area contributed by atoms with E-state index in [2.05, 4.69) is 44.4 Å². The van der Waals surface area contributed by atoms with E-state index in [1.807, 2.05) is 20.8 Å². The smallest absolute Gasteiger partial charge is 0.410 e. The molecule has 178 valence electrons. The lowest BCUT2D eigenvalue weighted by Crippen LogP contribution is -2.58. The average Bonchev–Trinajstić information content (AvgIpc) is 3.13. The van der Waals surface area contributed by atoms with E-state index in [0.717, 1.165) is 32.0 Å². The van der Waals surface area contributed by atoms with Crippen LogP contribution in [0.1, 0.15) is 31.9 Å². The molecule has 0 bridgehead atoms. The number of carbonyl (C=O) groups is 1. The molecule has 3 heterocycles. The van der Waals surface area contributed by atoms with Gasteiger partial charge in [-0.3, -0.25) is 9.89 Å². The summed E-state index contributed by atoms with van der Waals surface area (Å²) < 4.78 is 5.50. The minimum Gasteiger partial charge on any atom is -0.444 e. The average molecular weight is 557 g/mol. The molecule has 1 fully saturated rings. The van der Waals surface area contributed by atoms with Crippen molar-refractivity contribution in [2.75, 3.05) is 45.8 Å². The van der Waals surface area contributed by atoms with Gasteiger partial charge in [0.2, 0.25) is 0 Å². The molecular formula is C23H36IN5O3. The number of aliphatic hydroxyl groups excluding tert-OH is 1. The third-order valence-electron chi connectivity index (χ3n) is 6.03. The lowest BCUT2D eigenvalue weighted by atomic mass is 10.00. The third-order valence-corrected chi connectivity index (χ3v) is 6.03. The first-order valence-corrected chi connectivity index (χ1v) is 11.3. The molecule has 0 radical (unpaired) electrons. The van der Waals surface area contributed by atoms with Crippen LogP contribution in [0, 0.1) is 0 Å². The van der Waals surface area contributed by atoms with Crippen LogP contribution in [0.25, 0.3) is 0 Å². The van der Waals surface area contributed by atoms with E-state index in [4.69, 9.17) is 4.74 Å². The van der Waals surface area contributed by atoms with Crippen LogP contribution in [0.2, 0.25) is 0 Å². The van der Waals surface area contributed by atoms with Gasteiger partial charge in [-0.25, -0.2) is 4.79 Å². The van der Waals surface area contributed by atoms with E-state index in [1.165, 1.54) is 11.1 Å². The molecule has 8 nitrogen and oxygen atoms in total. The van der Waals surface area contributed by atoms with Crippen molar-refractivity contribution in [2.45, 2.75) is 51.5 Å². The van der Waals surface area contributed by atoms with Gasteiger partial charge in [-0.2, -0.15) is 0 Å². The predicted molar refractivity (Wildman–Crippen MR) is 135 cm³/mol. The summed E-state index contributed by atoms with van der Waals surface area (Å²) in [6, 6.07) is 8.71. The fourth-order valence-electron chi connectivity index (χ4n) is 4.50. The Hall–Kier alpha value is -1.59. The molecule has 0 aromatic heterocycles. The topological polar surface area (TPSA) is 80.6 Å². The molecule has 1 amide bonds. The summed E-state index contributed by atoms with van der Waals surface area (Å²) in [5.41, 5.74) is 2.29. The molecule has 0 aliphatic carbocycles. The highest BCUT2D eigenvalue weighted by Crippen LogP contribution is 2.20. The monoisotopic (exact) mass is 557 g/mol. The van der Waals surface area contributed by atoms with Crippen LogP contribution in [0.5, 0.6) is 0 Å². The second kappa shape index (κ2) is 10.6. The molecule has 3 aliphatic rings. The van der Waals surface area contributed by atoms with Crippen LogP contribution in [-0.4, -0.2) is 95.4 Å². The minimum absolute atomic E-state index is 0. The molecule has 1 aromatic rings. The molecule has 1 aromatic carbocycles. The highest BCUT2D eigenvalue weighted by molar-refractivity contribution is 14.0. The Morgan fingerprint density at radius 2 is 2.00 bits per heavy atom. The highest BCUT2D eigenvalue weighted by Gasteiger charge is 2.36. The zero-order valence-corrected chi connectivity index (χ0v) is 21.6. The maximum absolute atomic E-state index is 12.4. The molecule has 1 saturated heterocycles. The van der Waals surface area contributed by atoms with Crippen LogP contribution in [0.15, 0.2) is 29.3 Å². The van der Waals surface area contributed by atoms with Crippen molar-refractivity contribution in [3.05, 3.63) is 35.4 Å². The van der Waals surface area contributed by atoms with Crippen LogP contribution < -0.4 is 5.32 Å². The minimum atomic E-state index is -0.486. The molecule has 2 N–H and O–H groups in total. The summed E-state index contributed by atoms with van der Waals surface area (Å²) >= 11 is 0. The van der Waals surface area contributed by atoms with Gasteiger partial charge in [0.15, 0.2) is 5.96 Å². The number of aliphatic imine (C=N–C) groups is 1. The van der Waals surface area contributed by atoms with Gasteiger partial charge >= 0.3 is 6.09 Å². The summed E-state index contributed by atoms with van der Waals surface area (Å²) in [5.74, 6) is 0.830. The number of guanidine groups is 1. The van der Waals surface area contributed by atoms with E-state index < -0.39 is 11.7 Å². The van der Waals surface area contributed by atoms with Crippen molar-refractivity contribution in [3.8, 4) is 0 Å². The molecule has 32 heavy (non-hydrogen) atoms. The Labute approximate surface area is 208 Å². The molecule has 9 heteroatoms. The largest absolute Gasteiger partial charge is 0.444 e. The summed E-state index contributed by atoms with van der Waals surface area (Å²) in [6.45, 7) is 11.2. The Kier molecular flexibility index (Phi) is 8.26. The van der Waals surface area contributed by atoms with E-state index >= 15 is 0 Å². The maximum Gasteiger partial charge on any atom is 0.410 e. The summed E-state index contributed by atoms with van der Waals surface area (Å²) in [6.07, 6.45) is 0.314. The molecule has 2 unspecified atom stereocenters.